The Bertz CT molecular complexity index is 409. The van der Waals surface area contributed by atoms with Gasteiger partial charge in [0.05, 0.1) is 0 Å². The quantitative estimate of drug-likeness (QED) is 0.861. The predicted octanol–water partition coefficient (Wildman–Crippen LogP) is 2.87. The van der Waals surface area contributed by atoms with Crippen molar-refractivity contribution in [2.45, 2.75) is 25.0 Å². The number of hydrogen-bond acceptors (Lipinski definition) is 4. The molecule has 1 aromatic carbocycles. The third kappa shape index (κ3) is 4.96. The van der Waals surface area contributed by atoms with Crippen LogP contribution in [0.2, 0.25) is 0 Å². The maximum absolute atomic E-state index is 5.75. The molecule has 106 valence electrons. The van der Waals surface area contributed by atoms with Gasteiger partial charge in [0.1, 0.15) is 12.4 Å². The summed E-state index contributed by atoms with van der Waals surface area (Å²) >= 11 is 2.08. The largest absolute Gasteiger partial charge is 0.492 e. The number of nitrogens with two attached hydrogens (primary N) is 1. The minimum Gasteiger partial charge on any atom is -0.492 e. The lowest BCUT2D eigenvalue weighted by molar-refractivity contribution is 0.214. The summed E-state index contributed by atoms with van der Waals surface area (Å²) < 4.78 is 6.17. The van der Waals surface area contributed by atoms with E-state index in [1.807, 2.05) is 24.3 Å². The van der Waals surface area contributed by atoms with E-state index in [1.54, 1.807) is 0 Å². The molecule has 1 aliphatic rings. The molecule has 0 aliphatic carbocycles. The third-order valence-electron chi connectivity index (χ3n) is 3.46. The maximum Gasteiger partial charge on any atom is 0.121 e. The molecule has 0 unspecified atom stereocenters. The predicted molar refractivity (Wildman–Crippen MR) is 83.9 cm³/mol. The summed E-state index contributed by atoms with van der Waals surface area (Å²) in [5, 5.41) is 0. The van der Waals surface area contributed by atoms with Crippen molar-refractivity contribution in [1.29, 1.82) is 0 Å². The second kappa shape index (κ2) is 6.53. The van der Waals surface area contributed by atoms with Crippen molar-refractivity contribution in [2.24, 2.45) is 0 Å². The number of rotatable bonds is 4. The van der Waals surface area contributed by atoms with Crippen LogP contribution in [0.3, 0.4) is 0 Å². The zero-order chi connectivity index (χ0) is 13.7. The van der Waals surface area contributed by atoms with Gasteiger partial charge < -0.3 is 10.5 Å². The Balaban J connectivity index is 1.74. The highest BCUT2D eigenvalue weighted by atomic mass is 32.2. The van der Waals surface area contributed by atoms with Crippen molar-refractivity contribution in [3.05, 3.63) is 24.3 Å². The van der Waals surface area contributed by atoms with Gasteiger partial charge in [0.25, 0.3) is 0 Å². The lowest BCUT2D eigenvalue weighted by Gasteiger charge is -2.22. The smallest absolute Gasteiger partial charge is 0.121 e. The fourth-order valence-corrected chi connectivity index (χ4v) is 3.32. The van der Waals surface area contributed by atoms with E-state index in [0.717, 1.165) is 31.1 Å². The minimum absolute atomic E-state index is 0.420. The minimum atomic E-state index is 0.420. The molecule has 1 aromatic rings. The van der Waals surface area contributed by atoms with Crippen molar-refractivity contribution in [3.63, 3.8) is 0 Å². The number of nitrogens with zero attached hydrogens (tertiary/aromatic N) is 1. The summed E-state index contributed by atoms with van der Waals surface area (Å²) in [6.45, 7) is 8.73. The standard InChI is InChI=1S/C15H24N2OS/c1-15(2)6-7-17(9-11-19-15)8-10-18-14-5-3-4-13(16)12-14/h3-5,12H,6-11,16H2,1-2H3. The molecule has 4 heteroatoms. The summed E-state index contributed by atoms with van der Waals surface area (Å²) in [7, 11) is 0. The Morgan fingerprint density at radius 3 is 3.00 bits per heavy atom. The average molecular weight is 280 g/mol. The number of hydrogen-bond donors (Lipinski definition) is 1. The molecule has 1 aliphatic heterocycles. The Morgan fingerprint density at radius 2 is 2.21 bits per heavy atom. The average Bonchev–Trinajstić information content (AvgIpc) is 2.51. The topological polar surface area (TPSA) is 38.5 Å². The van der Waals surface area contributed by atoms with Crippen LogP contribution in [0.25, 0.3) is 0 Å². The summed E-state index contributed by atoms with van der Waals surface area (Å²) in [5.41, 5.74) is 6.49. The van der Waals surface area contributed by atoms with Crippen molar-refractivity contribution >= 4 is 17.4 Å². The van der Waals surface area contributed by atoms with Crippen molar-refractivity contribution in [3.8, 4) is 5.75 Å². The molecule has 2 N–H and O–H groups in total. The van der Waals surface area contributed by atoms with Crippen LogP contribution >= 0.6 is 11.8 Å². The lowest BCUT2D eigenvalue weighted by Crippen LogP contribution is -2.31. The number of benzene rings is 1. The Hall–Kier alpha value is -0.870. The van der Waals surface area contributed by atoms with Gasteiger partial charge in [-0.25, -0.2) is 0 Å². The van der Waals surface area contributed by atoms with Gasteiger partial charge in [-0.1, -0.05) is 19.9 Å². The molecule has 3 nitrogen and oxygen atoms in total. The highest BCUT2D eigenvalue weighted by Crippen LogP contribution is 2.30. The van der Waals surface area contributed by atoms with E-state index in [0.29, 0.717) is 4.75 Å². The zero-order valence-electron chi connectivity index (χ0n) is 11.9. The fourth-order valence-electron chi connectivity index (χ4n) is 2.18. The number of anilines is 1. The first-order chi connectivity index (χ1) is 9.05. The Labute approximate surface area is 120 Å². The normalized spacial score (nSPS) is 19.9. The molecular weight excluding hydrogens is 256 g/mol. The van der Waals surface area contributed by atoms with Gasteiger partial charge in [-0.15, -0.1) is 0 Å². The SMILES string of the molecule is CC1(C)CCN(CCOc2cccc(N)c2)CCS1. The van der Waals surface area contributed by atoms with E-state index in [1.165, 1.54) is 18.7 Å². The summed E-state index contributed by atoms with van der Waals surface area (Å²) in [5.74, 6) is 2.08. The molecule has 0 atom stereocenters. The monoisotopic (exact) mass is 280 g/mol. The van der Waals surface area contributed by atoms with Gasteiger partial charge in [-0.2, -0.15) is 11.8 Å². The number of ether oxygens (including phenoxy) is 1. The van der Waals surface area contributed by atoms with Crippen LogP contribution in [0, 0.1) is 0 Å². The maximum atomic E-state index is 5.75. The van der Waals surface area contributed by atoms with Gasteiger partial charge in [-0.3, -0.25) is 4.90 Å². The number of nitrogen functional groups attached to an aromatic ring is 1. The van der Waals surface area contributed by atoms with Gasteiger partial charge >= 0.3 is 0 Å². The van der Waals surface area contributed by atoms with Crippen molar-refractivity contribution < 1.29 is 4.74 Å². The van der Waals surface area contributed by atoms with E-state index in [4.69, 9.17) is 10.5 Å². The van der Waals surface area contributed by atoms with Gasteiger partial charge in [0.2, 0.25) is 0 Å². The van der Waals surface area contributed by atoms with E-state index in [2.05, 4.69) is 30.5 Å². The molecule has 1 saturated heterocycles. The van der Waals surface area contributed by atoms with E-state index >= 15 is 0 Å². The van der Waals surface area contributed by atoms with E-state index < -0.39 is 0 Å². The second-order valence-electron chi connectivity index (χ2n) is 5.62. The summed E-state index contributed by atoms with van der Waals surface area (Å²) in [4.78, 5) is 2.49. The molecule has 0 aromatic heterocycles. The lowest BCUT2D eigenvalue weighted by atomic mass is 10.1. The molecule has 0 spiro atoms. The molecule has 0 amide bonds. The molecule has 0 bridgehead atoms. The number of thioether (sulfide) groups is 1. The first-order valence-corrected chi connectivity index (χ1v) is 7.88. The van der Waals surface area contributed by atoms with Crippen LogP contribution in [0.5, 0.6) is 5.75 Å². The van der Waals surface area contributed by atoms with Crippen molar-refractivity contribution in [2.75, 3.05) is 37.7 Å². The molecular formula is C15H24N2OS. The highest BCUT2D eigenvalue weighted by molar-refractivity contribution is 8.00. The van der Waals surface area contributed by atoms with Crippen LogP contribution in [0.15, 0.2) is 24.3 Å². The van der Waals surface area contributed by atoms with Gasteiger partial charge in [0.15, 0.2) is 0 Å². The van der Waals surface area contributed by atoms with Crippen molar-refractivity contribution in [1.82, 2.24) is 4.90 Å². The Morgan fingerprint density at radius 1 is 1.37 bits per heavy atom. The Kier molecular flexibility index (Phi) is 4.99. The van der Waals surface area contributed by atoms with Gasteiger partial charge in [-0.05, 0) is 25.1 Å². The van der Waals surface area contributed by atoms with Crippen LogP contribution in [0.1, 0.15) is 20.3 Å². The first kappa shape index (κ1) is 14.5. The fraction of sp³-hybridized carbons (Fsp3) is 0.600. The third-order valence-corrected chi connectivity index (χ3v) is 4.84. The second-order valence-corrected chi connectivity index (χ2v) is 7.42. The molecule has 0 saturated carbocycles. The molecule has 1 fully saturated rings. The first-order valence-electron chi connectivity index (χ1n) is 6.90. The van der Waals surface area contributed by atoms with Gasteiger partial charge in [0, 0.05) is 35.3 Å². The zero-order valence-corrected chi connectivity index (χ0v) is 12.7. The molecule has 0 radical (unpaired) electrons. The molecule has 2 rings (SSSR count). The van der Waals surface area contributed by atoms with E-state index in [-0.39, 0.29) is 0 Å². The van der Waals surface area contributed by atoms with Crippen LogP contribution in [0.4, 0.5) is 5.69 Å². The summed E-state index contributed by atoms with van der Waals surface area (Å²) in [6, 6.07) is 7.63. The summed E-state index contributed by atoms with van der Waals surface area (Å²) in [6.07, 6.45) is 1.25. The van der Waals surface area contributed by atoms with Crippen LogP contribution in [-0.4, -0.2) is 41.6 Å². The highest BCUT2D eigenvalue weighted by Gasteiger charge is 2.23. The van der Waals surface area contributed by atoms with E-state index in [9.17, 15) is 0 Å². The molecule has 1 heterocycles. The van der Waals surface area contributed by atoms with Crippen LogP contribution < -0.4 is 10.5 Å². The van der Waals surface area contributed by atoms with Crippen LogP contribution in [-0.2, 0) is 0 Å². The molecule has 19 heavy (non-hydrogen) atoms.